The topological polar surface area (TPSA) is 54.9 Å². The Kier molecular flexibility index (Phi) is 4.89. The zero-order valence-corrected chi connectivity index (χ0v) is 15.2. The first-order chi connectivity index (χ1) is 13.2. The van der Waals surface area contributed by atoms with Gasteiger partial charge in [0.05, 0.1) is 16.9 Å². The molecule has 6 heteroatoms. The number of hydrogen-bond acceptors (Lipinski definition) is 4. The van der Waals surface area contributed by atoms with Crippen molar-refractivity contribution in [2.45, 2.75) is 12.8 Å². The Balaban J connectivity index is 1.42. The molecule has 0 aliphatic heterocycles. The summed E-state index contributed by atoms with van der Waals surface area (Å²) < 4.78 is 13.9. The van der Waals surface area contributed by atoms with Crippen LogP contribution in [0.15, 0.2) is 66.2 Å². The van der Waals surface area contributed by atoms with E-state index in [0.29, 0.717) is 29.1 Å². The number of para-hydroxylation sites is 1. The number of pyridine rings is 1. The molecule has 1 N–H and O–H groups in total. The number of benzene rings is 2. The van der Waals surface area contributed by atoms with Crippen LogP contribution in [0.1, 0.15) is 12.1 Å². The molecule has 0 unspecified atom stereocenters. The Morgan fingerprint density at radius 1 is 1.07 bits per heavy atom. The summed E-state index contributed by atoms with van der Waals surface area (Å²) in [6, 6.07) is 16.1. The third-order valence-electron chi connectivity index (χ3n) is 4.17. The Bertz CT molecular complexity index is 1100. The highest BCUT2D eigenvalue weighted by molar-refractivity contribution is 7.13. The zero-order valence-electron chi connectivity index (χ0n) is 14.4. The first kappa shape index (κ1) is 17.3. The van der Waals surface area contributed by atoms with Gasteiger partial charge in [0.1, 0.15) is 10.8 Å². The highest BCUT2D eigenvalue weighted by Gasteiger charge is 2.11. The third-order valence-corrected chi connectivity index (χ3v) is 5.10. The van der Waals surface area contributed by atoms with Crippen molar-refractivity contribution in [1.82, 2.24) is 9.97 Å². The highest BCUT2D eigenvalue weighted by Crippen LogP contribution is 2.26. The molecule has 2 aromatic heterocycles. The van der Waals surface area contributed by atoms with Gasteiger partial charge >= 0.3 is 0 Å². The van der Waals surface area contributed by atoms with Crippen LogP contribution in [0.2, 0.25) is 0 Å². The number of fused-ring (bicyclic) bond motifs is 1. The molecule has 0 saturated heterocycles. The number of carbonyl (C=O) groups excluding carboxylic acids is 1. The lowest BCUT2D eigenvalue weighted by Crippen LogP contribution is -2.13. The quantitative estimate of drug-likeness (QED) is 0.528. The Morgan fingerprint density at radius 2 is 1.93 bits per heavy atom. The number of hydrogen-bond donors (Lipinski definition) is 1. The van der Waals surface area contributed by atoms with Gasteiger partial charge in [0.15, 0.2) is 0 Å². The number of halogens is 1. The van der Waals surface area contributed by atoms with E-state index in [1.165, 1.54) is 17.4 Å². The lowest BCUT2D eigenvalue weighted by atomic mass is 10.2. The fourth-order valence-electron chi connectivity index (χ4n) is 2.84. The van der Waals surface area contributed by atoms with Crippen molar-refractivity contribution < 1.29 is 9.18 Å². The number of nitrogens with zero attached hydrogens (tertiary/aromatic N) is 2. The van der Waals surface area contributed by atoms with Gasteiger partial charge in [-0.05, 0) is 30.7 Å². The van der Waals surface area contributed by atoms with Gasteiger partial charge in [0, 0.05) is 28.9 Å². The van der Waals surface area contributed by atoms with E-state index < -0.39 is 0 Å². The van der Waals surface area contributed by atoms with Crippen molar-refractivity contribution in [2.24, 2.45) is 0 Å². The summed E-state index contributed by atoms with van der Waals surface area (Å²) in [5, 5.41) is 6.39. The minimum absolute atomic E-state index is 0.103. The van der Waals surface area contributed by atoms with Gasteiger partial charge in [-0.25, -0.2) is 9.37 Å². The summed E-state index contributed by atoms with van der Waals surface area (Å²) in [6.07, 6.45) is 2.50. The Morgan fingerprint density at radius 3 is 2.81 bits per heavy atom. The summed E-state index contributed by atoms with van der Waals surface area (Å²) in [5.74, 6) is -0.395. The second kappa shape index (κ2) is 7.63. The Hall–Kier alpha value is -3.12. The molecule has 0 aliphatic carbocycles. The fourth-order valence-corrected chi connectivity index (χ4v) is 3.72. The number of rotatable bonds is 5. The maximum Gasteiger partial charge on any atom is 0.224 e. The molecule has 2 aromatic carbocycles. The summed E-state index contributed by atoms with van der Waals surface area (Å²) >= 11 is 1.38. The second-order valence-electron chi connectivity index (χ2n) is 6.05. The first-order valence-electron chi connectivity index (χ1n) is 8.53. The number of nitrogens with one attached hydrogen (secondary N) is 1. The smallest absolute Gasteiger partial charge is 0.224 e. The average molecular weight is 377 g/mol. The van der Waals surface area contributed by atoms with Crippen molar-refractivity contribution in [1.29, 1.82) is 0 Å². The fraction of sp³-hybridized carbons (Fsp3) is 0.0952. The standard InChI is InChI=1S/C21H16FN3OS/c22-17-8-2-1-7-16(17)21-24-15(13-27-21)10-11-19(26)25-18-9-3-5-14-6-4-12-23-20(14)18/h1-9,12-13H,10-11H2,(H,25,26). The number of anilines is 1. The van der Waals surface area contributed by atoms with E-state index in [9.17, 15) is 9.18 Å². The lowest BCUT2D eigenvalue weighted by molar-refractivity contribution is -0.116. The highest BCUT2D eigenvalue weighted by atomic mass is 32.1. The van der Waals surface area contributed by atoms with E-state index in [1.807, 2.05) is 35.7 Å². The molecule has 4 nitrogen and oxygen atoms in total. The second-order valence-corrected chi connectivity index (χ2v) is 6.91. The third kappa shape index (κ3) is 3.85. The van der Waals surface area contributed by atoms with E-state index >= 15 is 0 Å². The number of aryl methyl sites for hydroxylation is 1. The first-order valence-corrected chi connectivity index (χ1v) is 9.41. The monoisotopic (exact) mass is 377 g/mol. The van der Waals surface area contributed by atoms with Crippen molar-refractivity contribution in [3.63, 3.8) is 0 Å². The van der Waals surface area contributed by atoms with Gasteiger partial charge in [-0.2, -0.15) is 0 Å². The molecule has 0 spiro atoms. The molecule has 0 atom stereocenters. The predicted octanol–water partition coefficient (Wildman–Crippen LogP) is 5.07. The van der Waals surface area contributed by atoms with Crippen molar-refractivity contribution >= 4 is 33.8 Å². The molecule has 4 rings (SSSR count). The van der Waals surface area contributed by atoms with Gasteiger partial charge in [-0.15, -0.1) is 11.3 Å². The number of amides is 1. The summed E-state index contributed by atoms with van der Waals surface area (Å²) in [4.78, 5) is 21.1. The van der Waals surface area contributed by atoms with Gasteiger partial charge in [-0.1, -0.05) is 30.3 Å². The average Bonchev–Trinajstić information content (AvgIpc) is 3.16. The number of carbonyl (C=O) groups is 1. The summed E-state index contributed by atoms with van der Waals surface area (Å²) in [5.41, 5.74) is 2.73. The molecular formula is C21H16FN3OS. The molecular weight excluding hydrogens is 361 g/mol. The van der Waals surface area contributed by atoms with Crippen LogP contribution in [-0.2, 0) is 11.2 Å². The normalized spacial score (nSPS) is 10.9. The van der Waals surface area contributed by atoms with Crippen LogP contribution in [0, 0.1) is 5.82 Å². The number of aromatic nitrogens is 2. The molecule has 27 heavy (non-hydrogen) atoms. The molecule has 2 heterocycles. The molecule has 0 aliphatic rings. The van der Waals surface area contributed by atoms with Crippen LogP contribution in [0.4, 0.5) is 10.1 Å². The van der Waals surface area contributed by atoms with Gasteiger partial charge in [-0.3, -0.25) is 9.78 Å². The van der Waals surface area contributed by atoms with Gasteiger partial charge in [0.25, 0.3) is 0 Å². The van der Waals surface area contributed by atoms with Crippen LogP contribution in [0.5, 0.6) is 0 Å². The van der Waals surface area contributed by atoms with Crippen molar-refractivity contribution in [3.05, 3.63) is 77.7 Å². The SMILES string of the molecule is O=C(CCc1csc(-c2ccccc2F)n1)Nc1cccc2cccnc12. The minimum Gasteiger partial charge on any atom is -0.324 e. The molecule has 0 fully saturated rings. The van der Waals surface area contributed by atoms with Crippen molar-refractivity contribution in [3.8, 4) is 10.6 Å². The lowest BCUT2D eigenvalue weighted by Gasteiger charge is -2.07. The molecule has 1 amide bonds. The van der Waals surface area contributed by atoms with E-state index in [2.05, 4.69) is 15.3 Å². The van der Waals surface area contributed by atoms with Crippen LogP contribution in [0.3, 0.4) is 0 Å². The number of thiazole rings is 1. The molecule has 0 saturated carbocycles. The van der Waals surface area contributed by atoms with Gasteiger partial charge < -0.3 is 5.32 Å². The summed E-state index contributed by atoms with van der Waals surface area (Å²) in [6.45, 7) is 0. The summed E-state index contributed by atoms with van der Waals surface area (Å²) in [7, 11) is 0. The van der Waals surface area contributed by atoms with E-state index in [4.69, 9.17) is 0 Å². The van der Waals surface area contributed by atoms with Crippen LogP contribution in [-0.4, -0.2) is 15.9 Å². The van der Waals surface area contributed by atoms with E-state index in [0.717, 1.165) is 16.6 Å². The predicted molar refractivity (Wildman–Crippen MR) is 106 cm³/mol. The van der Waals surface area contributed by atoms with E-state index in [-0.39, 0.29) is 11.7 Å². The van der Waals surface area contributed by atoms with Gasteiger partial charge in [0.2, 0.25) is 5.91 Å². The molecule has 0 radical (unpaired) electrons. The van der Waals surface area contributed by atoms with E-state index in [1.54, 1.807) is 24.4 Å². The Labute approximate surface area is 159 Å². The largest absolute Gasteiger partial charge is 0.324 e. The minimum atomic E-state index is -0.292. The molecule has 0 bridgehead atoms. The van der Waals surface area contributed by atoms with Crippen molar-refractivity contribution in [2.75, 3.05) is 5.32 Å². The maximum absolute atomic E-state index is 13.9. The van der Waals surface area contributed by atoms with Crippen LogP contribution in [0.25, 0.3) is 21.5 Å². The van der Waals surface area contributed by atoms with Crippen LogP contribution >= 0.6 is 11.3 Å². The zero-order chi connectivity index (χ0) is 18.6. The molecule has 134 valence electrons. The maximum atomic E-state index is 13.9. The van der Waals surface area contributed by atoms with Crippen LogP contribution < -0.4 is 5.32 Å². The molecule has 4 aromatic rings.